The van der Waals surface area contributed by atoms with Crippen molar-refractivity contribution in [2.24, 2.45) is 0 Å². The lowest BCUT2D eigenvalue weighted by Crippen LogP contribution is -2.30. The molecule has 1 aromatic heterocycles. The number of amides is 2. The average Bonchev–Trinajstić information content (AvgIpc) is 3.15. The van der Waals surface area contributed by atoms with Gasteiger partial charge in [0.15, 0.2) is 0 Å². The molecule has 1 aromatic rings. The van der Waals surface area contributed by atoms with Gasteiger partial charge in [-0.3, -0.25) is 9.59 Å². The fourth-order valence-corrected chi connectivity index (χ4v) is 2.37. The quantitative estimate of drug-likeness (QED) is 0.480. The van der Waals surface area contributed by atoms with E-state index >= 15 is 0 Å². The normalized spacial score (nSPS) is 14.0. The molecule has 0 aromatic carbocycles. The van der Waals surface area contributed by atoms with Crippen LogP contribution < -0.4 is 5.32 Å². The Bertz CT molecular complexity index is 636. The number of aromatic nitrogens is 1. The van der Waals surface area contributed by atoms with Crippen molar-refractivity contribution in [1.29, 1.82) is 0 Å². The van der Waals surface area contributed by atoms with Crippen LogP contribution >= 0.6 is 0 Å². The fraction of sp³-hybridized carbons (Fsp3) is 0.412. The summed E-state index contributed by atoms with van der Waals surface area (Å²) in [7, 11) is 1.30. The van der Waals surface area contributed by atoms with E-state index in [1.54, 1.807) is 29.2 Å². The molecule has 0 spiro atoms. The van der Waals surface area contributed by atoms with Crippen LogP contribution in [0.3, 0.4) is 0 Å². The van der Waals surface area contributed by atoms with E-state index in [1.165, 1.54) is 13.2 Å². The molecule has 1 N–H and O–H groups in total. The third kappa shape index (κ3) is 4.91. The van der Waals surface area contributed by atoms with Crippen LogP contribution in [-0.4, -0.2) is 54.4 Å². The summed E-state index contributed by atoms with van der Waals surface area (Å²) in [5.41, 5.74) is 0.493. The van der Waals surface area contributed by atoms with Gasteiger partial charge >= 0.3 is 5.97 Å². The van der Waals surface area contributed by atoms with Crippen LogP contribution in [0.5, 0.6) is 0 Å². The highest BCUT2D eigenvalue weighted by Gasteiger charge is 2.21. The molecular weight excluding hydrogens is 310 g/mol. The molecule has 0 radical (unpaired) electrons. The lowest BCUT2D eigenvalue weighted by Gasteiger charge is -2.14. The van der Waals surface area contributed by atoms with Crippen molar-refractivity contribution in [2.75, 3.05) is 26.7 Å². The number of ether oxygens (including phenoxy) is 1. The number of methoxy groups -OCH3 is 1. The van der Waals surface area contributed by atoms with Gasteiger partial charge in [-0.1, -0.05) is 12.1 Å². The summed E-state index contributed by atoms with van der Waals surface area (Å²) in [5.74, 6) is -0.920. The Balaban J connectivity index is 1.88. The van der Waals surface area contributed by atoms with Crippen molar-refractivity contribution in [3.63, 3.8) is 0 Å². The Labute approximate surface area is 140 Å². The van der Waals surface area contributed by atoms with E-state index in [-0.39, 0.29) is 23.2 Å². The van der Waals surface area contributed by atoms with E-state index < -0.39 is 5.97 Å². The summed E-state index contributed by atoms with van der Waals surface area (Å²) < 4.78 is 4.47. The summed E-state index contributed by atoms with van der Waals surface area (Å²) in [6.45, 7) is 1.84. The lowest BCUT2D eigenvalue weighted by molar-refractivity contribution is -0.134. The molecule has 1 aliphatic rings. The van der Waals surface area contributed by atoms with E-state index in [2.05, 4.69) is 15.0 Å². The molecule has 0 saturated carbocycles. The predicted molar refractivity (Wildman–Crippen MR) is 87.5 cm³/mol. The minimum Gasteiger partial charge on any atom is -0.466 e. The molecule has 24 heavy (non-hydrogen) atoms. The van der Waals surface area contributed by atoms with Crippen LogP contribution in [0.2, 0.25) is 0 Å². The van der Waals surface area contributed by atoms with Gasteiger partial charge < -0.3 is 15.0 Å². The van der Waals surface area contributed by atoms with Crippen LogP contribution in [0.4, 0.5) is 0 Å². The Morgan fingerprint density at radius 1 is 1.25 bits per heavy atom. The SMILES string of the molecule is COC(=O)/C=C/CCNC(=O)c1cccc(C(=O)N2CCCC2)n1. The first-order valence-corrected chi connectivity index (χ1v) is 7.91. The van der Waals surface area contributed by atoms with Crippen LogP contribution in [0.1, 0.15) is 40.2 Å². The molecule has 0 atom stereocenters. The highest BCUT2D eigenvalue weighted by Crippen LogP contribution is 2.12. The van der Waals surface area contributed by atoms with E-state index in [0.717, 1.165) is 25.9 Å². The number of esters is 1. The maximum atomic E-state index is 12.3. The van der Waals surface area contributed by atoms with E-state index in [0.29, 0.717) is 13.0 Å². The summed E-state index contributed by atoms with van der Waals surface area (Å²) in [4.78, 5) is 41.2. The zero-order valence-electron chi connectivity index (χ0n) is 13.7. The first-order chi connectivity index (χ1) is 11.6. The number of pyridine rings is 1. The second kappa shape index (κ2) is 8.81. The molecule has 1 aliphatic heterocycles. The number of rotatable bonds is 6. The Kier molecular flexibility index (Phi) is 6.48. The zero-order valence-corrected chi connectivity index (χ0v) is 13.7. The van der Waals surface area contributed by atoms with Gasteiger partial charge in [-0.05, 0) is 31.4 Å². The van der Waals surface area contributed by atoms with Gasteiger partial charge in [0.2, 0.25) is 0 Å². The van der Waals surface area contributed by atoms with Crippen molar-refractivity contribution in [3.05, 3.63) is 41.7 Å². The highest BCUT2D eigenvalue weighted by atomic mass is 16.5. The number of likely N-dealkylation sites (tertiary alicyclic amines) is 1. The Morgan fingerprint density at radius 2 is 1.96 bits per heavy atom. The number of hydrogen-bond donors (Lipinski definition) is 1. The van der Waals surface area contributed by atoms with Gasteiger partial charge in [0.1, 0.15) is 11.4 Å². The summed E-state index contributed by atoms with van der Waals surface area (Å²) in [6, 6.07) is 4.85. The number of carbonyl (C=O) groups excluding carboxylic acids is 3. The minimum absolute atomic E-state index is 0.136. The molecule has 0 aliphatic carbocycles. The Morgan fingerprint density at radius 3 is 2.67 bits per heavy atom. The summed E-state index contributed by atoms with van der Waals surface area (Å²) in [6.07, 6.45) is 5.43. The van der Waals surface area contributed by atoms with Gasteiger partial charge in [0, 0.05) is 25.7 Å². The highest BCUT2D eigenvalue weighted by molar-refractivity contribution is 5.96. The standard InChI is InChI=1S/C17H21N3O4/c1-24-15(21)9-2-3-10-18-16(22)13-7-6-8-14(19-13)17(23)20-11-4-5-12-20/h2,6-9H,3-5,10-12H2,1H3,(H,18,22)/b9-2+. The topological polar surface area (TPSA) is 88.6 Å². The van der Waals surface area contributed by atoms with Gasteiger partial charge in [-0.2, -0.15) is 0 Å². The van der Waals surface area contributed by atoms with Crippen molar-refractivity contribution < 1.29 is 19.1 Å². The first-order valence-electron chi connectivity index (χ1n) is 7.91. The van der Waals surface area contributed by atoms with Gasteiger partial charge in [0.05, 0.1) is 7.11 Å². The molecule has 2 heterocycles. The number of nitrogens with one attached hydrogen (secondary N) is 1. The third-order valence-corrected chi connectivity index (χ3v) is 3.65. The minimum atomic E-state index is -0.434. The molecule has 128 valence electrons. The van der Waals surface area contributed by atoms with Crippen molar-refractivity contribution in [3.8, 4) is 0 Å². The molecule has 0 bridgehead atoms. The average molecular weight is 331 g/mol. The predicted octanol–water partition coefficient (Wildman–Crippen LogP) is 1.17. The smallest absolute Gasteiger partial charge is 0.330 e. The molecular formula is C17H21N3O4. The van der Waals surface area contributed by atoms with E-state index in [1.807, 2.05) is 0 Å². The van der Waals surface area contributed by atoms with Gasteiger partial charge in [0.25, 0.3) is 11.8 Å². The zero-order chi connectivity index (χ0) is 17.4. The van der Waals surface area contributed by atoms with Crippen molar-refractivity contribution >= 4 is 17.8 Å². The van der Waals surface area contributed by atoms with E-state index in [4.69, 9.17) is 0 Å². The lowest BCUT2D eigenvalue weighted by atomic mass is 10.2. The molecule has 2 amide bonds. The maximum absolute atomic E-state index is 12.3. The number of carbonyl (C=O) groups is 3. The third-order valence-electron chi connectivity index (χ3n) is 3.65. The van der Waals surface area contributed by atoms with Crippen molar-refractivity contribution in [2.45, 2.75) is 19.3 Å². The molecule has 0 unspecified atom stereocenters. The van der Waals surface area contributed by atoms with Crippen LogP contribution in [0, 0.1) is 0 Å². The van der Waals surface area contributed by atoms with Gasteiger partial charge in [-0.25, -0.2) is 9.78 Å². The molecule has 2 rings (SSSR count). The van der Waals surface area contributed by atoms with Crippen LogP contribution in [0.25, 0.3) is 0 Å². The van der Waals surface area contributed by atoms with Crippen LogP contribution in [0.15, 0.2) is 30.4 Å². The maximum Gasteiger partial charge on any atom is 0.330 e. The second-order valence-corrected chi connectivity index (χ2v) is 5.38. The first kappa shape index (κ1) is 17.7. The fourth-order valence-electron chi connectivity index (χ4n) is 2.37. The van der Waals surface area contributed by atoms with Crippen LogP contribution in [-0.2, 0) is 9.53 Å². The summed E-state index contributed by atoms with van der Waals surface area (Å²) >= 11 is 0. The number of nitrogens with zero attached hydrogens (tertiary/aromatic N) is 2. The van der Waals surface area contributed by atoms with E-state index in [9.17, 15) is 14.4 Å². The van der Waals surface area contributed by atoms with Crippen molar-refractivity contribution in [1.82, 2.24) is 15.2 Å². The Hall–Kier alpha value is -2.70. The molecule has 1 fully saturated rings. The summed E-state index contributed by atoms with van der Waals surface area (Å²) in [5, 5.41) is 2.70. The molecule has 7 nitrogen and oxygen atoms in total. The number of hydrogen-bond acceptors (Lipinski definition) is 5. The second-order valence-electron chi connectivity index (χ2n) is 5.38. The largest absolute Gasteiger partial charge is 0.466 e. The molecule has 7 heteroatoms. The van der Waals surface area contributed by atoms with Gasteiger partial charge in [-0.15, -0.1) is 0 Å². The molecule has 1 saturated heterocycles. The monoisotopic (exact) mass is 331 g/mol.